The van der Waals surface area contributed by atoms with E-state index in [-0.39, 0.29) is 17.1 Å². The minimum atomic E-state index is -0.616. The van der Waals surface area contributed by atoms with Crippen LogP contribution in [0.3, 0.4) is 0 Å². The number of allylic oxidation sites excluding steroid dienone is 1. The Labute approximate surface area is 186 Å². The Bertz CT molecular complexity index is 1130. The molecule has 0 radical (unpaired) electrons. The summed E-state index contributed by atoms with van der Waals surface area (Å²) in [5.74, 6) is -0.868. The number of nitrogens with zero attached hydrogens (tertiary/aromatic N) is 1. The van der Waals surface area contributed by atoms with Crippen LogP contribution in [0.5, 0.6) is 5.75 Å². The van der Waals surface area contributed by atoms with E-state index in [2.05, 4.69) is 6.58 Å². The zero-order chi connectivity index (χ0) is 23.3. The van der Waals surface area contributed by atoms with Gasteiger partial charge in [0, 0.05) is 11.4 Å². The van der Waals surface area contributed by atoms with Crippen LogP contribution in [0.4, 0.5) is 5.69 Å². The molecular weight excluding hydrogens is 410 g/mol. The number of carbonyl (C=O) groups excluding carboxylic acids is 3. The van der Waals surface area contributed by atoms with E-state index in [1.807, 2.05) is 0 Å². The van der Waals surface area contributed by atoms with Crippen LogP contribution in [0, 0.1) is 0 Å². The van der Waals surface area contributed by atoms with E-state index in [0.29, 0.717) is 34.9 Å². The van der Waals surface area contributed by atoms with E-state index in [9.17, 15) is 14.4 Å². The second kappa shape index (κ2) is 9.78. The molecule has 0 unspecified atom stereocenters. The molecule has 0 bridgehead atoms. The molecule has 1 amide bonds. The average Bonchev–Trinajstić information content (AvgIpc) is 3.06. The second-order valence-electron chi connectivity index (χ2n) is 6.86. The van der Waals surface area contributed by atoms with Crippen LogP contribution in [-0.4, -0.2) is 38.7 Å². The smallest absolute Gasteiger partial charge is 0.340 e. The molecule has 7 heteroatoms. The molecule has 32 heavy (non-hydrogen) atoms. The SMILES string of the molecule is C=CCOc1cccc(/C=C2\C(=O)N(c3ccc(C(=O)OC)cc3)C(C)=C2C(=O)OC)c1. The lowest BCUT2D eigenvalue weighted by atomic mass is 10.0. The van der Waals surface area contributed by atoms with E-state index in [1.165, 1.54) is 19.1 Å². The molecule has 1 heterocycles. The molecule has 0 aromatic heterocycles. The van der Waals surface area contributed by atoms with Gasteiger partial charge < -0.3 is 14.2 Å². The Kier molecular flexibility index (Phi) is 6.90. The predicted octanol–water partition coefficient (Wildman–Crippen LogP) is 3.92. The number of benzene rings is 2. The third-order valence-corrected chi connectivity index (χ3v) is 4.87. The molecule has 1 aliphatic rings. The Morgan fingerprint density at radius 1 is 1.03 bits per heavy atom. The molecule has 2 aromatic carbocycles. The first-order valence-corrected chi connectivity index (χ1v) is 9.79. The molecule has 164 valence electrons. The predicted molar refractivity (Wildman–Crippen MR) is 120 cm³/mol. The van der Waals surface area contributed by atoms with Crippen molar-refractivity contribution in [3.8, 4) is 5.75 Å². The highest BCUT2D eigenvalue weighted by Crippen LogP contribution is 2.35. The Balaban J connectivity index is 2.03. The summed E-state index contributed by atoms with van der Waals surface area (Å²) in [6.07, 6.45) is 3.26. The third kappa shape index (κ3) is 4.46. The molecular formula is C25H23NO6. The van der Waals surface area contributed by atoms with Crippen molar-refractivity contribution in [2.75, 3.05) is 25.7 Å². The van der Waals surface area contributed by atoms with Gasteiger partial charge in [-0.3, -0.25) is 9.69 Å². The molecule has 3 rings (SSSR count). The van der Waals surface area contributed by atoms with Gasteiger partial charge in [-0.25, -0.2) is 9.59 Å². The Hall–Kier alpha value is -4.13. The summed E-state index contributed by atoms with van der Waals surface area (Å²) < 4.78 is 15.2. The standard InChI is InChI=1S/C25H23NO6/c1-5-13-32-20-8-6-7-17(14-20)15-21-22(25(29)31-4)16(2)26(23(21)27)19-11-9-18(10-12-19)24(28)30-3/h5-12,14-15H,1,13H2,2-4H3/b21-15-. The summed E-state index contributed by atoms with van der Waals surface area (Å²) in [5.41, 5.74) is 2.35. The molecule has 7 nitrogen and oxygen atoms in total. The lowest BCUT2D eigenvalue weighted by Gasteiger charge is -2.18. The number of methoxy groups -OCH3 is 2. The molecule has 0 saturated heterocycles. The molecule has 1 aliphatic heterocycles. The lowest BCUT2D eigenvalue weighted by molar-refractivity contribution is -0.136. The van der Waals surface area contributed by atoms with Gasteiger partial charge in [0.25, 0.3) is 5.91 Å². The van der Waals surface area contributed by atoms with Crippen LogP contribution in [0.15, 0.2) is 78.0 Å². The van der Waals surface area contributed by atoms with Gasteiger partial charge in [-0.15, -0.1) is 0 Å². The molecule has 0 N–H and O–H groups in total. The molecule has 0 spiro atoms. The molecule has 0 saturated carbocycles. The Morgan fingerprint density at radius 3 is 2.34 bits per heavy atom. The normalized spacial score (nSPS) is 14.5. The van der Waals surface area contributed by atoms with E-state index in [1.54, 1.807) is 67.6 Å². The van der Waals surface area contributed by atoms with Gasteiger partial charge in [0.1, 0.15) is 12.4 Å². The number of esters is 2. The van der Waals surface area contributed by atoms with Crippen LogP contribution in [0.2, 0.25) is 0 Å². The summed E-state index contributed by atoms with van der Waals surface area (Å²) in [6, 6.07) is 13.5. The second-order valence-corrected chi connectivity index (χ2v) is 6.86. The van der Waals surface area contributed by atoms with Crippen LogP contribution in [0.1, 0.15) is 22.8 Å². The summed E-state index contributed by atoms with van der Waals surface area (Å²) >= 11 is 0. The van der Waals surface area contributed by atoms with E-state index >= 15 is 0 Å². The van der Waals surface area contributed by atoms with Crippen LogP contribution in [-0.2, 0) is 19.1 Å². The van der Waals surface area contributed by atoms with Gasteiger partial charge in [0.15, 0.2) is 0 Å². The fraction of sp³-hybridized carbons (Fsp3) is 0.160. The highest BCUT2D eigenvalue weighted by molar-refractivity contribution is 6.23. The maximum atomic E-state index is 13.4. The van der Waals surface area contributed by atoms with Crippen molar-refractivity contribution >= 4 is 29.6 Å². The maximum Gasteiger partial charge on any atom is 0.340 e. The van der Waals surface area contributed by atoms with E-state index < -0.39 is 11.9 Å². The van der Waals surface area contributed by atoms with Gasteiger partial charge in [0.2, 0.25) is 0 Å². The fourth-order valence-corrected chi connectivity index (χ4v) is 3.37. The largest absolute Gasteiger partial charge is 0.490 e. The van der Waals surface area contributed by atoms with Crippen molar-refractivity contribution < 1.29 is 28.6 Å². The first-order chi connectivity index (χ1) is 15.4. The van der Waals surface area contributed by atoms with E-state index in [0.717, 1.165) is 0 Å². The van der Waals surface area contributed by atoms with Gasteiger partial charge in [-0.2, -0.15) is 0 Å². The Morgan fingerprint density at radius 2 is 1.72 bits per heavy atom. The minimum Gasteiger partial charge on any atom is -0.490 e. The van der Waals surface area contributed by atoms with Crippen molar-refractivity contribution in [1.29, 1.82) is 0 Å². The summed E-state index contributed by atoms with van der Waals surface area (Å²) in [5, 5.41) is 0. The number of hydrogen-bond acceptors (Lipinski definition) is 6. The molecule has 0 aliphatic carbocycles. The van der Waals surface area contributed by atoms with Gasteiger partial charge in [-0.1, -0.05) is 24.8 Å². The van der Waals surface area contributed by atoms with Gasteiger partial charge >= 0.3 is 11.9 Å². The summed E-state index contributed by atoms with van der Waals surface area (Å²) in [7, 11) is 2.56. The van der Waals surface area contributed by atoms with Crippen molar-refractivity contribution in [3.05, 3.63) is 89.2 Å². The first-order valence-electron chi connectivity index (χ1n) is 9.79. The van der Waals surface area contributed by atoms with Crippen LogP contribution < -0.4 is 9.64 Å². The molecule has 0 atom stereocenters. The van der Waals surface area contributed by atoms with Crippen LogP contribution >= 0.6 is 0 Å². The summed E-state index contributed by atoms with van der Waals surface area (Å²) in [6.45, 7) is 5.64. The van der Waals surface area contributed by atoms with Crippen molar-refractivity contribution in [2.24, 2.45) is 0 Å². The quantitative estimate of drug-likeness (QED) is 0.374. The van der Waals surface area contributed by atoms with E-state index in [4.69, 9.17) is 14.2 Å². The highest BCUT2D eigenvalue weighted by atomic mass is 16.5. The van der Waals surface area contributed by atoms with Gasteiger partial charge in [0.05, 0.1) is 30.9 Å². The fourth-order valence-electron chi connectivity index (χ4n) is 3.37. The van der Waals surface area contributed by atoms with Crippen molar-refractivity contribution in [2.45, 2.75) is 6.92 Å². The number of carbonyl (C=O) groups is 3. The first kappa shape index (κ1) is 22.6. The number of anilines is 1. The third-order valence-electron chi connectivity index (χ3n) is 4.87. The number of rotatable bonds is 7. The van der Waals surface area contributed by atoms with Gasteiger partial charge in [-0.05, 0) is 55.0 Å². The zero-order valence-electron chi connectivity index (χ0n) is 18.1. The highest BCUT2D eigenvalue weighted by Gasteiger charge is 2.37. The number of hydrogen-bond donors (Lipinski definition) is 0. The maximum absolute atomic E-state index is 13.4. The molecule has 0 fully saturated rings. The monoisotopic (exact) mass is 433 g/mol. The lowest BCUT2D eigenvalue weighted by Crippen LogP contribution is -2.24. The summed E-state index contributed by atoms with van der Waals surface area (Å²) in [4.78, 5) is 39.0. The molecule has 2 aromatic rings. The zero-order valence-corrected chi connectivity index (χ0v) is 18.1. The van der Waals surface area contributed by atoms with Crippen LogP contribution in [0.25, 0.3) is 6.08 Å². The minimum absolute atomic E-state index is 0.173. The van der Waals surface area contributed by atoms with Crippen molar-refractivity contribution in [3.63, 3.8) is 0 Å². The number of amides is 1. The number of ether oxygens (including phenoxy) is 3. The van der Waals surface area contributed by atoms with Crippen molar-refractivity contribution in [1.82, 2.24) is 0 Å². The topological polar surface area (TPSA) is 82.1 Å². The average molecular weight is 433 g/mol.